The molecule has 0 saturated carbocycles. The van der Waals surface area contributed by atoms with Gasteiger partial charge >= 0.3 is 0 Å². The van der Waals surface area contributed by atoms with Crippen LogP contribution in [0, 0.1) is 6.92 Å². The minimum absolute atomic E-state index is 0.399. The van der Waals surface area contributed by atoms with Gasteiger partial charge < -0.3 is 15.0 Å². The van der Waals surface area contributed by atoms with Crippen LogP contribution < -0.4 is 5.32 Å². The van der Waals surface area contributed by atoms with E-state index in [1.807, 2.05) is 0 Å². The molecule has 1 saturated heterocycles. The smallest absolute Gasteiger partial charge is 0.0712 e. The Morgan fingerprint density at radius 2 is 2.05 bits per heavy atom. The summed E-state index contributed by atoms with van der Waals surface area (Å²) in [5, 5.41) is 3.38. The number of rotatable bonds is 6. The standard InChI is InChI=1S/C16H26N2O/c1-14-3-5-15(6-4-14)7-10-18(2)11-8-16-13-17-9-12-19-16/h3-6,16-17H,7-13H2,1-2H3. The summed E-state index contributed by atoms with van der Waals surface area (Å²) in [5.74, 6) is 0. The average Bonchev–Trinajstić information content (AvgIpc) is 2.45. The van der Waals surface area contributed by atoms with Crippen LogP contribution in [0.25, 0.3) is 0 Å². The van der Waals surface area contributed by atoms with Crippen molar-refractivity contribution in [1.29, 1.82) is 0 Å². The van der Waals surface area contributed by atoms with E-state index >= 15 is 0 Å². The molecule has 1 atom stereocenters. The molecule has 0 bridgehead atoms. The first-order valence-corrected chi connectivity index (χ1v) is 7.30. The minimum Gasteiger partial charge on any atom is -0.376 e. The van der Waals surface area contributed by atoms with Crippen molar-refractivity contribution in [2.75, 3.05) is 39.8 Å². The van der Waals surface area contributed by atoms with E-state index in [-0.39, 0.29) is 0 Å². The molecule has 106 valence electrons. The fourth-order valence-electron chi connectivity index (χ4n) is 2.36. The van der Waals surface area contributed by atoms with Crippen molar-refractivity contribution in [2.45, 2.75) is 25.9 Å². The van der Waals surface area contributed by atoms with Gasteiger partial charge in [0.05, 0.1) is 12.7 Å². The summed E-state index contributed by atoms with van der Waals surface area (Å²) in [4.78, 5) is 2.40. The van der Waals surface area contributed by atoms with Gasteiger partial charge in [0.1, 0.15) is 0 Å². The number of morpholine rings is 1. The van der Waals surface area contributed by atoms with E-state index in [1.165, 1.54) is 11.1 Å². The van der Waals surface area contributed by atoms with Gasteiger partial charge in [-0.1, -0.05) is 29.8 Å². The van der Waals surface area contributed by atoms with Crippen LogP contribution in [0.2, 0.25) is 0 Å². The van der Waals surface area contributed by atoms with Crippen molar-refractivity contribution < 1.29 is 4.74 Å². The van der Waals surface area contributed by atoms with Gasteiger partial charge in [-0.2, -0.15) is 0 Å². The van der Waals surface area contributed by atoms with Crippen molar-refractivity contribution in [2.24, 2.45) is 0 Å². The normalized spacial score (nSPS) is 19.8. The van der Waals surface area contributed by atoms with Gasteiger partial charge in [-0.3, -0.25) is 0 Å². The molecular weight excluding hydrogens is 236 g/mol. The Bertz CT molecular complexity index is 358. The Balaban J connectivity index is 1.63. The molecule has 19 heavy (non-hydrogen) atoms. The Morgan fingerprint density at radius 3 is 2.74 bits per heavy atom. The fourth-order valence-corrected chi connectivity index (χ4v) is 2.36. The Labute approximate surface area is 116 Å². The van der Waals surface area contributed by atoms with E-state index in [2.05, 4.69) is 48.5 Å². The lowest BCUT2D eigenvalue weighted by atomic mass is 10.1. The molecule has 0 radical (unpaired) electrons. The molecule has 1 N–H and O–H groups in total. The van der Waals surface area contributed by atoms with Gasteiger partial charge in [-0.25, -0.2) is 0 Å². The van der Waals surface area contributed by atoms with Crippen LogP contribution in [0.15, 0.2) is 24.3 Å². The van der Waals surface area contributed by atoms with Crippen molar-refractivity contribution in [1.82, 2.24) is 10.2 Å². The maximum absolute atomic E-state index is 5.72. The largest absolute Gasteiger partial charge is 0.376 e. The summed E-state index contributed by atoms with van der Waals surface area (Å²) in [6, 6.07) is 8.85. The first-order valence-electron chi connectivity index (χ1n) is 7.30. The van der Waals surface area contributed by atoms with Crippen molar-refractivity contribution in [3.05, 3.63) is 35.4 Å². The molecule has 0 amide bonds. The molecular formula is C16H26N2O. The van der Waals surface area contributed by atoms with Crippen molar-refractivity contribution >= 4 is 0 Å². The Hall–Kier alpha value is -0.900. The van der Waals surface area contributed by atoms with E-state index in [4.69, 9.17) is 4.74 Å². The number of likely N-dealkylation sites (N-methyl/N-ethyl adjacent to an activating group) is 1. The van der Waals surface area contributed by atoms with Crippen LogP contribution in [0.3, 0.4) is 0 Å². The third kappa shape index (κ3) is 5.31. The lowest BCUT2D eigenvalue weighted by molar-refractivity contribution is 0.0188. The van der Waals surface area contributed by atoms with E-state index in [0.717, 1.165) is 45.6 Å². The van der Waals surface area contributed by atoms with Crippen LogP contribution in [0.1, 0.15) is 17.5 Å². The van der Waals surface area contributed by atoms with E-state index in [1.54, 1.807) is 0 Å². The molecule has 1 fully saturated rings. The minimum atomic E-state index is 0.399. The highest BCUT2D eigenvalue weighted by Crippen LogP contribution is 2.06. The van der Waals surface area contributed by atoms with Gasteiger partial charge in [0, 0.05) is 26.2 Å². The first-order chi connectivity index (χ1) is 9.24. The zero-order chi connectivity index (χ0) is 13.5. The van der Waals surface area contributed by atoms with E-state index < -0.39 is 0 Å². The quantitative estimate of drug-likeness (QED) is 0.847. The van der Waals surface area contributed by atoms with Crippen LogP contribution in [-0.2, 0) is 11.2 Å². The first kappa shape index (κ1) is 14.5. The van der Waals surface area contributed by atoms with Gasteiger partial charge in [-0.15, -0.1) is 0 Å². The number of hydrogen-bond donors (Lipinski definition) is 1. The highest BCUT2D eigenvalue weighted by Gasteiger charge is 2.13. The molecule has 0 aliphatic carbocycles. The molecule has 2 rings (SSSR count). The lowest BCUT2D eigenvalue weighted by Crippen LogP contribution is -2.40. The van der Waals surface area contributed by atoms with Crippen LogP contribution >= 0.6 is 0 Å². The maximum atomic E-state index is 5.72. The second-order valence-electron chi connectivity index (χ2n) is 5.52. The van der Waals surface area contributed by atoms with Crippen LogP contribution in [-0.4, -0.2) is 50.8 Å². The molecule has 1 aliphatic rings. The number of nitrogens with zero attached hydrogens (tertiary/aromatic N) is 1. The Morgan fingerprint density at radius 1 is 1.26 bits per heavy atom. The van der Waals surface area contributed by atoms with Gasteiger partial charge in [0.25, 0.3) is 0 Å². The van der Waals surface area contributed by atoms with Gasteiger partial charge in [0.2, 0.25) is 0 Å². The van der Waals surface area contributed by atoms with Gasteiger partial charge in [-0.05, 0) is 32.4 Å². The zero-order valence-corrected chi connectivity index (χ0v) is 12.2. The summed E-state index contributed by atoms with van der Waals surface area (Å²) in [7, 11) is 2.20. The molecule has 3 nitrogen and oxygen atoms in total. The number of hydrogen-bond acceptors (Lipinski definition) is 3. The molecule has 1 aromatic rings. The molecule has 1 aliphatic heterocycles. The Kier molecular flexibility index (Phi) is 5.83. The average molecular weight is 262 g/mol. The highest BCUT2D eigenvalue weighted by molar-refractivity contribution is 5.21. The molecule has 1 heterocycles. The fraction of sp³-hybridized carbons (Fsp3) is 0.625. The van der Waals surface area contributed by atoms with Crippen LogP contribution in [0.5, 0.6) is 0 Å². The third-order valence-corrected chi connectivity index (χ3v) is 3.74. The highest BCUT2D eigenvalue weighted by atomic mass is 16.5. The maximum Gasteiger partial charge on any atom is 0.0712 e. The molecule has 1 aromatic carbocycles. The molecule has 1 unspecified atom stereocenters. The number of nitrogens with one attached hydrogen (secondary N) is 1. The summed E-state index contributed by atoms with van der Waals surface area (Å²) in [5.41, 5.74) is 2.76. The van der Waals surface area contributed by atoms with E-state index in [0.29, 0.717) is 6.10 Å². The second kappa shape index (κ2) is 7.63. The third-order valence-electron chi connectivity index (χ3n) is 3.74. The molecule has 3 heteroatoms. The lowest BCUT2D eigenvalue weighted by Gasteiger charge is -2.25. The summed E-state index contributed by atoms with van der Waals surface area (Å²) in [6.07, 6.45) is 2.65. The number of ether oxygens (including phenoxy) is 1. The summed E-state index contributed by atoms with van der Waals surface area (Å²) in [6.45, 7) is 7.22. The van der Waals surface area contributed by atoms with Gasteiger partial charge in [0.15, 0.2) is 0 Å². The predicted octanol–water partition coefficient (Wildman–Crippen LogP) is 1.85. The van der Waals surface area contributed by atoms with E-state index in [9.17, 15) is 0 Å². The predicted molar refractivity (Wildman–Crippen MR) is 79.6 cm³/mol. The van der Waals surface area contributed by atoms with Crippen LogP contribution in [0.4, 0.5) is 0 Å². The summed E-state index contributed by atoms with van der Waals surface area (Å²) < 4.78 is 5.72. The molecule has 0 spiro atoms. The monoisotopic (exact) mass is 262 g/mol. The zero-order valence-electron chi connectivity index (χ0n) is 12.2. The topological polar surface area (TPSA) is 24.5 Å². The van der Waals surface area contributed by atoms with Crippen molar-refractivity contribution in [3.63, 3.8) is 0 Å². The molecule has 0 aromatic heterocycles. The van der Waals surface area contributed by atoms with Crippen molar-refractivity contribution in [3.8, 4) is 0 Å². The number of benzene rings is 1. The second-order valence-corrected chi connectivity index (χ2v) is 5.52. The summed E-state index contributed by atoms with van der Waals surface area (Å²) >= 11 is 0. The SMILES string of the molecule is Cc1ccc(CCN(C)CCC2CNCCO2)cc1. The number of aryl methyl sites for hydroxylation is 1.